The molecule has 1 unspecified atom stereocenters. The van der Waals surface area contributed by atoms with E-state index in [0.29, 0.717) is 0 Å². The normalized spacial score (nSPS) is 20.5. The molecule has 2 fully saturated rings. The van der Waals surface area contributed by atoms with E-state index >= 15 is 0 Å². The highest BCUT2D eigenvalue weighted by Gasteiger charge is 2.29. The lowest BCUT2D eigenvalue weighted by Gasteiger charge is -2.36. The first-order valence-electron chi connectivity index (χ1n) is 10.6. The lowest BCUT2D eigenvalue weighted by Crippen LogP contribution is -2.51. The summed E-state index contributed by atoms with van der Waals surface area (Å²) in [6, 6.07) is 5.97. The van der Waals surface area contributed by atoms with Crippen LogP contribution in [0.2, 0.25) is 0 Å². The first-order valence-corrected chi connectivity index (χ1v) is 11.3. The number of aryl methyl sites for hydroxylation is 1. The van der Waals surface area contributed by atoms with Gasteiger partial charge in [-0.25, -0.2) is 0 Å². The molecule has 1 heterocycles. The van der Waals surface area contributed by atoms with Crippen LogP contribution in [-0.2, 0) is 9.59 Å². The van der Waals surface area contributed by atoms with Gasteiger partial charge < -0.3 is 10.6 Å². The fraction of sp³-hybridized carbons (Fsp3) is 0.636. The van der Waals surface area contributed by atoms with Gasteiger partial charge in [0.2, 0.25) is 11.8 Å². The Morgan fingerprint density at radius 2 is 1.79 bits per heavy atom. The number of hydrogen-bond acceptors (Lipinski definition) is 3. The van der Waals surface area contributed by atoms with Crippen LogP contribution in [0.15, 0.2) is 22.7 Å². The molecule has 6 heteroatoms. The average Bonchev–Trinajstić information content (AvgIpc) is 2.70. The van der Waals surface area contributed by atoms with Gasteiger partial charge in [-0.3, -0.25) is 14.5 Å². The molecule has 1 aliphatic carbocycles. The fourth-order valence-electron chi connectivity index (χ4n) is 4.24. The lowest BCUT2D eigenvalue weighted by atomic mass is 9.88. The molecule has 1 saturated carbocycles. The summed E-state index contributed by atoms with van der Waals surface area (Å²) in [7, 11) is 0. The number of amides is 2. The predicted octanol–water partition coefficient (Wildman–Crippen LogP) is 4.25. The summed E-state index contributed by atoms with van der Waals surface area (Å²) >= 11 is 3.52. The van der Waals surface area contributed by atoms with Gasteiger partial charge in [0.1, 0.15) is 0 Å². The minimum Gasteiger partial charge on any atom is -0.353 e. The van der Waals surface area contributed by atoms with Crippen molar-refractivity contribution < 1.29 is 9.59 Å². The molecular weight excluding hydrogens is 418 g/mol. The highest BCUT2D eigenvalue weighted by molar-refractivity contribution is 9.10. The molecule has 2 N–H and O–H groups in total. The molecule has 1 atom stereocenters. The molecule has 1 saturated heterocycles. The van der Waals surface area contributed by atoms with Crippen LogP contribution in [0.3, 0.4) is 0 Å². The van der Waals surface area contributed by atoms with Gasteiger partial charge in [-0.05, 0) is 73.2 Å². The van der Waals surface area contributed by atoms with E-state index < -0.39 is 0 Å². The van der Waals surface area contributed by atoms with Crippen LogP contribution in [0.25, 0.3) is 0 Å². The van der Waals surface area contributed by atoms with Gasteiger partial charge in [0, 0.05) is 29.5 Å². The number of rotatable bonds is 5. The molecule has 0 aromatic heterocycles. The zero-order chi connectivity index (χ0) is 20.1. The van der Waals surface area contributed by atoms with E-state index in [-0.39, 0.29) is 29.8 Å². The van der Waals surface area contributed by atoms with Crippen molar-refractivity contribution in [1.82, 2.24) is 10.2 Å². The van der Waals surface area contributed by atoms with E-state index in [1.54, 1.807) is 0 Å². The van der Waals surface area contributed by atoms with Crippen molar-refractivity contribution >= 4 is 33.4 Å². The third-order valence-electron chi connectivity index (χ3n) is 6.16. The topological polar surface area (TPSA) is 61.4 Å². The molecule has 3 rings (SSSR count). The number of nitrogens with one attached hydrogen (secondary N) is 2. The molecule has 2 aliphatic rings. The monoisotopic (exact) mass is 449 g/mol. The lowest BCUT2D eigenvalue weighted by molar-refractivity contribution is -0.127. The molecule has 1 aliphatic heterocycles. The standard InChI is InChI=1S/C22H32BrN3O2/c1-15-8-9-20(19(23)14-15)25-21(27)16(2)26-12-10-18(11-13-26)24-22(28)17-6-4-3-5-7-17/h8-9,14,16-18H,3-7,10-13H2,1-2H3,(H,24,28)(H,25,27). The van der Waals surface area contributed by atoms with E-state index in [1.165, 1.54) is 19.3 Å². The summed E-state index contributed by atoms with van der Waals surface area (Å²) in [6.07, 6.45) is 7.52. The Hall–Kier alpha value is -1.40. The highest BCUT2D eigenvalue weighted by atomic mass is 79.9. The van der Waals surface area contributed by atoms with Gasteiger partial charge in [0.15, 0.2) is 0 Å². The SMILES string of the molecule is Cc1ccc(NC(=O)C(C)N2CCC(NC(=O)C3CCCCC3)CC2)c(Br)c1. The van der Waals surface area contributed by atoms with E-state index in [4.69, 9.17) is 0 Å². The number of carbonyl (C=O) groups is 2. The van der Waals surface area contributed by atoms with Crippen LogP contribution in [0.4, 0.5) is 5.69 Å². The Kier molecular flexibility index (Phi) is 7.52. The number of benzene rings is 1. The third-order valence-corrected chi connectivity index (χ3v) is 6.82. The highest BCUT2D eigenvalue weighted by Crippen LogP contribution is 2.25. The summed E-state index contributed by atoms with van der Waals surface area (Å²) in [4.78, 5) is 27.3. The number of piperidine rings is 1. The molecule has 2 amide bonds. The molecule has 154 valence electrons. The number of likely N-dealkylation sites (tertiary alicyclic amines) is 1. The molecule has 28 heavy (non-hydrogen) atoms. The number of anilines is 1. The minimum atomic E-state index is -0.191. The van der Waals surface area contributed by atoms with Crippen molar-refractivity contribution in [3.8, 4) is 0 Å². The number of hydrogen-bond donors (Lipinski definition) is 2. The zero-order valence-corrected chi connectivity index (χ0v) is 18.6. The maximum absolute atomic E-state index is 12.7. The Morgan fingerprint density at radius 1 is 1.11 bits per heavy atom. The minimum absolute atomic E-state index is 0.00856. The van der Waals surface area contributed by atoms with Gasteiger partial charge >= 0.3 is 0 Å². The van der Waals surface area contributed by atoms with Gasteiger partial charge in [0.05, 0.1) is 11.7 Å². The Balaban J connectivity index is 1.45. The summed E-state index contributed by atoms with van der Waals surface area (Å²) in [5, 5.41) is 6.28. The van der Waals surface area contributed by atoms with Crippen molar-refractivity contribution in [3.05, 3.63) is 28.2 Å². The van der Waals surface area contributed by atoms with E-state index in [9.17, 15) is 9.59 Å². The summed E-state index contributed by atoms with van der Waals surface area (Å²) in [5.41, 5.74) is 1.95. The van der Waals surface area contributed by atoms with Gasteiger partial charge in [-0.15, -0.1) is 0 Å². The number of carbonyl (C=O) groups excluding carboxylic acids is 2. The molecular formula is C22H32BrN3O2. The molecule has 0 bridgehead atoms. The quantitative estimate of drug-likeness (QED) is 0.706. The van der Waals surface area contributed by atoms with Crippen LogP contribution in [0.5, 0.6) is 0 Å². The molecule has 1 aromatic rings. The van der Waals surface area contributed by atoms with Crippen molar-refractivity contribution in [3.63, 3.8) is 0 Å². The average molecular weight is 450 g/mol. The maximum atomic E-state index is 12.7. The van der Waals surface area contributed by atoms with Crippen LogP contribution < -0.4 is 10.6 Å². The van der Waals surface area contributed by atoms with Crippen LogP contribution in [0.1, 0.15) is 57.4 Å². The maximum Gasteiger partial charge on any atom is 0.241 e. The second-order valence-corrected chi connectivity index (χ2v) is 9.16. The Morgan fingerprint density at radius 3 is 2.43 bits per heavy atom. The number of nitrogens with zero attached hydrogens (tertiary/aromatic N) is 1. The van der Waals surface area contributed by atoms with Gasteiger partial charge in [-0.1, -0.05) is 25.3 Å². The molecule has 1 aromatic carbocycles. The van der Waals surface area contributed by atoms with Crippen molar-refractivity contribution in [2.75, 3.05) is 18.4 Å². The summed E-state index contributed by atoms with van der Waals surface area (Å²) < 4.78 is 0.900. The third kappa shape index (κ3) is 5.57. The Bertz CT molecular complexity index is 695. The molecule has 5 nitrogen and oxygen atoms in total. The van der Waals surface area contributed by atoms with Crippen molar-refractivity contribution in [2.24, 2.45) is 5.92 Å². The largest absolute Gasteiger partial charge is 0.353 e. The van der Waals surface area contributed by atoms with Crippen LogP contribution >= 0.6 is 15.9 Å². The van der Waals surface area contributed by atoms with Crippen molar-refractivity contribution in [2.45, 2.75) is 70.9 Å². The predicted molar refractivity (Wildman–Crippen MR) is 116 cm³/mol. The number of halogens is 1. The van der Waals surface area contributed by atoms with E-state index in [2.05, 4.69) is 31.5 Å². The first kappa shape index (κ1) is 21.3. The summed E-state index contributed by atoms with van der Waals surface area (Å²) in [6.45, 7) is 5.65. The van der Waals surface area contributed by atoms with Crippen LogP contribution in [0, 0.1) is 12.8 Å². The van der Waals surface area contributed by atoms with Gasteiger partial charge in [-0.2, -0.15) is 0 Å². The Labute approximate surface area is 176 Å². The zero-order valence-electron chi connectivity index (χ0n) is 17.0. The molecule has 0 radical (unpaired) electrons. The molecule has 0 spiro atoms. The second kappa shape index (κ2) is 9.88. The smallest absolute Gasteiger partial charge is 0.241 e. The summed E-state index contributed by atoms with van der Waals surface area (Å²) in [5.74, 6) is 0.465. The second-order valence-electron chi connectivity index (χ2n) is 8.30. The van der Waals surface area contributed by atoms with E-state index in [0.717, 1.165) is 54.5 Å². The van der Waals surface area contributed by atoms with Crippen molar-refractivity contribution in [1.29, 1.82) is 0 Å². The van der Waals surface area contributed by atoms with E-state index in [1.807, 2.05) is 32.0 Å². The fourth-order valence-corrected chi connectivity index (χ4v) is 4.83. The van der Waals surface area contributed by atoms with Gasteiger partial charge in [0.25, 0.3) is 0 Å². The van der Waals surface area contributed by atoms with Crippen LogP contribution in [-0.4, -0.2) is 41.9 Å². The first-order chi connectivity index (χ1) is 13.4.